The smallest absolute Gasteiger partial charge is 0.0339 e. The highest BCUT2D eigenvalue weighted by Gasteiger charge is 2.48. The predicted molar refractivity (Wildman–Crippen MR) is 76.4 cm³/mol. The van der Waals surface area contributed by atoms with E-state index in [4.69, 9.17) is 5.73 Å². The van der Waals surface area contributed by atoms with Crippen molar-refractivity contribution in [1.82, 2.24) is 4.90 Å². The van der Waals surface area contributed by atoms with Gasteiger partial charge in [-0.3, -0.25) is 4.90 Å². The van der Waals surface area contributed by atoms with Crippen LogP contribution in [-0.4, -0.2) is 29.6 Å². The van der Waals surface area contributed by atoms with Crippen molar-refractivity contribution in [2.75, 3.05) is 13.1 Å². The molecule has 0 heterocycles. The summed E-state index contributed by atoms with van der Waals surface area (Å²) in [6.45, 7) is 7.09. The minimum Gasteiger partial charge on any atom is -0.329 e. The Labute approximate surface area is 112 Å². The number of nitrogens with two attached hydrogens (primary N) is 1. The first-order valence-electron chi connectivity index (χ1n) is 8.10. The van der Waals surface area contributed by atoms with Gasteiger partial charge in [-0.2, -0.15) is 0 Å². The maximum absolute atomic E-state index is 6.28. The van der Waals surface area contributed by atoms with Crippen molar-refractivity contribution < 1.29 is 0 Å². The second-order valence-electron chi connectivity index (χ2n) is 7.61. The number of hydrogen-bond acceptors (Lipinski definition) is 2. The van der Waals surface area contributed by atoms with Crippen LogP contribution in [0.1, 0.15) is 58.8 Å². The quantitative estimate of drug-likeness (QED) is 0.812. The van der Waals surface area contributed by atoms with Gasteiger partial charge in [-0.05, 0) is 62.7 Å². The van der Waals surface area contributed by atoms with Crippen LogP contribution in [-0.2, 0) is 0 Å². The molecular formula is C16H30N2. The lowest BCUT2D eigenvalue weighted by molar-refractivity contribution is 0.00954. The van der Waals surface area contributed by atoms with Crippen molar-refractivity contribution in [1.29, 1.82) is 0 Å². The third kappa shape index (κ3) is 2.60. The van der Waals surface area contributed by atoms with Crippen LogP contribution < -0.4 is 5.73 Å². The summed E-state index contributed by atoms with van der Waals surface area (Å²) in [5.74, 6) is 2.72. The molecule has 0 amide bonds. The van der Waals surface area contributed by atoms with E-state index < -0.39 is 0 Å². The summed E-state index contributed by atoms with van der Waals surface area (Å²) in [6, 6.07) is 0.881. The van der Waals surface area contributed by atoms with E-state index in [1.807, 2.05) is 0 Å². The average molecular weight is 250 g/mol. The molecule has 0 aromatic carbocycles. The topological polar surface area (TPSA) is 29.3 Å². The second kappa shape index (κ2) is 4.79. The van der Waals surface area contributed by atoms with Crippen molar-refractivity contribution in [3.63, 3.8) is 0 Å². The van der Waals surface area contributed by atoms with Crippen LogP contribution in [0.4, 0.5) is 0 Å². The van der Waals surface area contributed by atoms with E-state index in [0.29, 0.717) is 5.54 Å². The second-order valence-corrected chi connectivity index (χ2v) is 7.61. The first kappa shape index (κ1) is 12.9. The SMILES string of the molecule is CC1CC(C)CC(CN)(N(CC2CC2)C2CC2)C1. The normalized spacial score (nSPS) is 41.3. The minimum absolute atomic E-state index is 0.348. The van der Waals surface area contributed by atoms with Crippen LogP contribution in [0.25, 0.3) is 0 Å². The molecule has 0 saturated heterocycles. The largest absolute Gasteiger partial charge is 0.329 e. The van der Waals surface area contributed by atoms with Crippen LogP contribution in [0.15, 0.2) is 0 Å². The summed E-state index contributed by atoms with van der Waals surface area (Å²) >= 11 is 0. The van der Waals surface area contributed by atoms with Crippen LogP contribution in [0.5, 0.6) is 0 Å². The van der Waals surface area contributed by atoms with E-state index in [1.54, 1.807) is 0 Å². The van der Waals surface area contributed by atoms with Gasteiger partial charge in [-0.15, -0.1) is 0 Å². The zero-order valence-electron chi connectivity index (χ0n) is 12.2. The fourth-order valence-corrected chi connectivity index (χ4v) is 4.45. The average Bonchev–Trinajstić information content (AvgIpc) is 3.16. The van der Waals surface area contributed by atoms with Crippen LogP contribution in [0.3, 0.4) is 0 Å². The van der Waals surface area contributed by atoms with Gasteiger partial charge in [0.15, 0.2) is 0 Å². The Morgan fingerprint density at radius 1 is 1.06 bits per heavy atom. The van der Waals surface area contributed by atoms with E-state index in [1.165, 1.54) is 51.5 Å². The third-order valence-electron chi connectivity index (χ3n) is 5.39. The molecule has 2 unspecified atom stereocenters. The molecule has 0 aromatic rings. The van der Waals surface area contributed by atoms with E-state index >= 15 is 0 Å². The summed E-state index contributed by atoms with van der Waals surface area (Å²) in [6.07, 6.45) is 9.89. The number of nitrogens with zero attached hydrogens (tertiary/aromatic N) is 1. The highest BCUT2D eigenvalue weighted by molar-refractivity contribution is 5.04. The number of rotatable bonds is 5. The lowest BCUT2D eigenvalue weighted by Gasteiger charge is -2.50. The highest BCUT2D eigenvalue weighted by atomic mass is 15.3. The molecule has 3 fully saturated rings. The van der Waals surface area contributed by atoms with Gasteiger partial charge in [-0.25, -0.2) is 0 Å². The zero-order chi connectivity index (χ0) is 12.8. The minimum atomic E-state index is 0.348. The Hall–Kier alpha value is -0.0800. The summed E-state index contributed by atoms with van der Waals surface area (Å²) in [4.78, 5) is 2.87. The van der Waals surface area contributed by atoms with Crippen molar-refractivity contribution in [2.45, 2.75) is 70.4 Å². The fraction of sp³-hybridized carbons (Fsp3) is 1.00. The third-order valence-corrected chi connectivity index (χ3v) is 5.39. The Morgan fingerprint density at radius 3 is 2.11 bits per heavy atom. The van der Waals surface area contributed by atoms with Gasteiger partial charge in [0, 0.05) is 24.7 Å². The molecule has 2 atom stereocenters. The molecule has 3 aliphatic rings. The van der Waals surface area contributed by atoms with Gasteiger partial charge in [-0.1, -0.05) is 13.8 Å². The maximum atomic E-state index is 6.28. The zero-order valence-corrected chi connectivity index (χ0v) is 12.2. The van der Waals surface area contributed by atoms with Crippen molar-refractivity contribution in [2.24, 2.45) is 23.5 Å². The van der Waals surface area contributed by atoms with Gasteiger partial charge in [0.25, 0.3) is 0 Å². The van der Waals surface area contributed by atoms with Crippen molar-refractivity contribution in [3.05, 3.63) is 0 Å². The lowest BCUT2D eigenvalue weighted by Crippen LogP contribution is -2.58. The first-order chi connectivity index (χ1) is 8.63. The van der Waals surface area contributed by atoms with E-state index in [2.05, 4.69) is 18.7 Å². The molecule has 3 rings (SSSR count). The van der Waals surface area contributed by atoms with E-state index in [9.17, 15) is 0 Å². The van der Waals surface area contributed by atoms with Gasteiger partial charge in [0.1, 0.15) is 0 Å². The van der Waals surface area contributed by atoms with Crippen molar-refractivity contribution >= 4 is 0 Å². The molecule has 3 aliphatic carbocycles. The van der Waals surface area contributed by atoms with E-state index in [0.717, 1.165) is 30.3 Å². The molecule has 0 bridgehead atoms. The van der Waals surface area contributed by atoms with Gasteiger partial charge in [0.2, 0.25) is 0 Å². The molecule has 2 N–H and O–H groups in total. The molecule has 0 aromatic heterocycles. The molecule has 104 valence electrons. The van der Waals surface area contributed by atoms with Crippen LogP contribution in [0.2, 0.25) is 0 Å². The Kier molecular flexibility index (Phi) is 3.44. The molecule has 2 heteroatoms. The van der Waals surface area contributed by atoms with Gasteiger partial charge < -0.3 is 5.73 Å². The molecule has 0 spiro atoms. The monoisotopic (exact) mass is 250 g/mol. The van der Waals surface area contributed by atoms with Crippen molar-refractivity contribution in [3.8, 4) is 0 Å². The van der Waals surface area contributed by atoms with Crippen LogP contribution in [0, 0.1) is 17.8 Å². The van der Waals surface area contributed by atoms with Crippen LogP contribution >= 0.6 is 0 Å². The van der Waals surface area contributed by atoms with Gasteiger partial charge >= 0.3 is 0 Å². The first-order valence-corrected chi connectivity index (χ1v) is 8.10. The molecule has 18 heavy (non-hydrogen) atoms. The predicted octanol–water partition coefficient (Wildman–Crippen LogP) is 3.01. The lowest BCUT2D eigenvalue weighted by atomic mass is 9.70. The maximum Gasteiger partial charge on any atom is 0.0339 e. The summed E-state index contributed by atoms with van der Waals surface area (Å²) < 4.78 is 0. The summed E-state index contributed by atoms with van der Waals surface area (Å²) in [5, 5.41) is 0. The molecule has 0 radical (unpaired) electrons. The fourth-order valence-electron chi connectivity index (χ4n) is 4.45. The molecule has 2 nitrogen and oxygen atoms in total. The molecule has 3 saturated carbocycles. The Morgan fingerprint density at radius 2 is 1.67 bits per heavy atom. The number of hydrogen-bond donors (Lipinski definition) is 1. The van der Waals surface area contributed by atoms with E-state index in [-0.39, 0.29) is 0 Å². The summed E-state index contributed by atoms with van der Waals surface area (Å²) in [7, 11) is 0. The standard InChI is InChI=1S/C16H30N2/c1-12-7-13(2)9-16(8-12,11-17)18(15-5-6-15)10-14-3-4-14/h12-15H,3-11,17H2,1-2H3. The Bertz CT molecular complexity index is 283. The Balaban J connectivity index is 1.77. The molecule has 0 aliphatic heterocycles. The summed E-state index contributed by atoms with van der Waals surface area (Å²) in [5.41, 5.74) is 6.63. The highest BCUT2D eigenvalue weighted by Crippen LogP contribution is 2.46. The van der Waals surface area contributed by atoms with Gasteiger partial charge in [0.05, 0.1) is 0 Å². The molecular weight excluding hydrogens is 220 g/mol.